The number of rotatable bonds is 7. The summed E-state index contributed by atoms with van der Waals surface area (Å²) in [6.45, 7) is 6.50. The van der Waals surface area contributed by atoms with Crippen LogP contribution < -0.4 is 5.32 Å². The van der Waals surface area contributed by atoms with Crippen LogP contribution in [0.5, 0.6) is 0 Å². The third-order valence-corrected chi connectivity index (χ3v) is 3.14. The normalized spacial score (nSPS) is 10.9. The summed E-state index contributed by atoms with van der Waals surface area (Å²) < 4.78 is 7.07. The zero-order valence-electron chi connectivity index (χ0n) is 12.1. The summed E-state index contributed by atoms with van der Waals surface area (Å²) in [5.74, 6) is 0.835. The summed E-state index contributed by atoms with van der Waals surface area (Å²) in [6.07, 6.45) is 0.389. The summed E-state index contributed by atoms with van der Waals surface area (Å²) in [7, 11) is 0. The van der Waals surface area contributed by atoms with E-state index in [9.17, 15) is 4.79 Å². The lowest BCUT2D eigenvalue weighted by molar-refractivity contribution is -0.142. The number of imidazole rings is 1. The number of hydrogen-bond acceptors (Lipinski definition) is 4. The van der Waals surface area contributed by atoms with E-state index in [-0.39, 0.29) is 5.97 Å². The predicted molar refractivity (Wildman–Crippen MR) is 78.4 cm³/mol. The zero-order chi connectivity index (χ0) is 14.4. The number of para-hydroxylation sites is 2. The lowest BCUT2D eigenvalue weighted by Crippen LogP contribution is -2.21. The minimum Gasteiger partial charge on any atom is -0.466 e. The van der Waals surface area contributed by atoms with Crippen LogP contribution in [0.4, 0.5) is 0 Å². The number of fused-ring (bicyclic) bond motifs is 1. The van der Waals surface area contributed by atoms with Gasteiger partial charge in [0.15, 0.2) is 0 Å². The SMILES string of the molecule is CCOC(=O)CCNCc1nc2ccccc2n1CC. The first-order valence-electron chi connectivity index (χ1n) is 7.06. The summed E-state index contributed by atoms with van der Waals surface area (Å²) in [6, 6.07) is 8.11. The molecule has 108 valence electrons. The zero-order valence-corrected chi connectivity index (χ0v) is 12.1. The fraction of sp³-hybridized carbons (Fsp3) is 0.467. The molecule has 0 aliphatic heterocycles. The number of nitrogens with zero attached hydrogens (tertiary/aromatic N) is 2. The second-order valence-corrected chi connectivity index (χ2v) is 4.49. The Balaban J connectivity index is 1.94. The Kier molecular flexibility index (Phi) is 5.12. The van der Waals surface area contributed by atoms with Gasteiger partial charge in [0, 0.05) is 13.1 Å². The van der Waals surface area contributed by atoms with Crippen molar-refractivity contribution in [1.82, 2.24) is 14.9 Å². The van der Waals surface area contributed by atoms with Gasteiger partial charge in [0.25, 0.3) is 0 Å². The molecule has 2 aromatic rings. The second-order valence-electron chi connectivity index (χ2n) is 4.49. The molecule has 5 nitrogen and oxygen atoms in total. The van der Waals surface area contributed by atoms with Crippen LogP contribution in [-0.2, 0) is 22.6 Å². The van der Waals surface area contributed by atoms with Gasteiger partial charge < -0.3 is 14.6 Å². The van der Waals surface area contributed by atoms with Crippen LogP contribution >= 0.6 is 0 Å². The Hall–Kier alpha value is -1.88. The largest absolute Gasteiger partial charge is 0.466 e. The highest BCUT2D eigenvalue weighted by atomic mass is 16.5. The van der Waals surface area contributed by atoms with E-state index in [1.54, 1.807) is 0 Å². The third-order valence-electron chi connectivity index (χ3n) is 3.14. The van der Waals surface area contributed by atoms with E-state index in [0.717, 1.165) is 23.4 Å². The van der Waals surface area contributed by atoms with Crippen molar-refractivity contribution in [2.45, 2.75) is 33.4 Å². The number of aryl methyl sites for hydroxylation is 1. The number of benzene rings is 1. The molecule has 1 N–H and O–H groups in total. The van der Waals surface area contributed by atoms with Crippen LogP contribution in [-0.4, -0.2) is 28.7 Å². The smallest absolute Gasteiger partial charge is 0.307 e. The number of nitrogens with one attached hydrogen (secondary N) is 1. The van der Waals surface area contributed by atoms with Crippen molar-refractivity contribution in [3.05, 3.63) is 30.1 Å². The highest BCUT2D eigenvalue weighted by Crippen LogP contribution is 2.15. The maximum absolute atomic E-state index is 11.2. The van der Waals surface area contributed by atoms with Gasteiger partial charge in [-0.2, -0.15) is 0 Å². The highest BCUT2D eigenvalue weighted by molar-refractivity contribution is 5.75. The van der Waals surface area contributed by atoms with E-state index in [1.165, 1.54) is 0 Å². The lowest BCUT2D eigenvalue weighted by Gasteiger charge is -2.07. The van der Waals surface area contributed by atoms with Crippen LogP contribution in [0.1, 0.15) is 26.1 Å². The van der Waals surface area contributed by atoms with E-state index in [2.05, 4.69) is 27.9 Å². The van der Waals surface area contributed by atoms with Crippen molar-refractivity contribution in [2.75, 3.05) is 13.2 Å². The Morgan fingerprint density at radius 3 is 2.90 bits per heavy atom. The molecule has 20 heavy (non-hydrogen) atoms. The van der Waals surface area contributed by atoms with E-state index < -0.39 is 0 Å². The Morgan fingerprint density at radius 2 is 2.15 bits per heavy atom. The molecule has 0 unspecified atom stereocenters. The lowest BCUT2D eigenvalue weighted by atomic mass is 10.3. The molecule has 5 heteroatoms. The van der Waals surface area contributed by atoms with Crippen molar-refractivity contribution in [3.63, 3.8) is 0 Å². The molecule has 0 bridgehead atoms. The molecule has 1 aromatic carbocycles. The Labute approximate surface area is 118 Å². The quantitative estimate of drug-likeness (QED) is 0.621. The Bertz CT molecular complexity index is 578. The molecule has 2 rings (SSSR count). The summed E-state index contributed by atoms with van der Waals surface area (Å²) in [5.41, 5.74) is 2.16. The van der Waals surface area contributed by atoms with Crippen molar-refractivity contribution < 1.29 is 9.53 Å². The second kappa shape index (κ2) is 7.05. The standard InChI is InChI=1S/C15H21N3O2/c1-3-18-13-8-6-5-7-12(13)17-14(18)11-16-10-9-15(19)20-4-2/h5-8,16H,3-4,9-11H2,1-2H3. The molecule has 0 aliphatic rings. The van der Waals surface area contributed by atoms with E-state index in [4.69, 9.17) is 4.74 Å². The molecular weight excluding hydrogens is 254 g/mol. The van der Waals surface area contributed by atoms with E-state index in [0.29, 0.717) is 26.1 Å². The van der Waals surface area contributed by atoms with Crippen LogP contribution in [0.25, 0.3) is 11.0 Å². The van der Waals surface area contributed by atoms with Crippen LogP contribution in [0.3, 0.4) is 0 Å². The average molecular weight is 275 g/mol. The number of ether oxygens (including phenoxy) is 1. The predicted octanol–water partition coefficient (Wildman–Crippen LogP) is 2.10. The molecule has 0 atom stereocenters. The van der Waals surface area contributed by atoms with Gasteiger partial charge in [0.2, 0.25) is 0 Å². The van der Waals surface area contributed by atoms with Gasteiger partial charge in [-0.15, -0.1) is 0 Å². The first-order valence-corrected chi connectivity index (χ1v) is 7.06. The maximum Gasteiger partial charge on any atom is 0.307 e. The van der Waals surface area contributed by atoms with Crippen molar-refractivity contribution in [2.24, 2.45) is 0 Å². The molecule has 1 heterocycles. The number of hydrogen-bond donors (Lipinski definition) is 1. The fourth-order valence-electron chi connectivity index (χ4n) is 2.24. The van der Waals surface area contributed by atoms with E-state index >= 15 is 0 Å². The maximum atomic E-state index is 11.2. The highest BCUT2D eigenvalue weighted by Gasteiger charge is 2.08. The molecule has 1 aromatic heterocycles. The van der Waals surface area contributed by atoms with Gasteiger partial charge in [-0.25, -0.2) is 4.98 Å². The van der Waals surface area contributed by atoms with Crippen LogP contribution in [0, 0.1) is 0 Å². The van der Waals surface area contributed by atoms with Gasteiger partial charge in [0.1, 0.15) is 5.82 Å². The van der Waals surface area contributed by atoms with Gasteiger partial charge in [-0.05, 0) is 26.0 Å². The molecule has 0 radical (unpaired) electrons. The first-order chi connectivity index (χ1) is 9.76. The third kappa shape index (κ3) is 3.36. The summed E-state index contributed by atoms with van der Waals surface area (Å²) in [5, 5.41) is 3.24. The number of carbonyl (C=O) groups is 1. The monoisotopic (exact) mass is 275 g/mol. The topological polar surface area (TPSA) is 56.1 Å². The van der Waals surface area contributed by atoms with Crippen molar-refractivity contribution in [1.29, 1.82) is 0 Å². The fourth-order valence-corrected chi connectivity index (χ4v) is 2.24. The molecule has 0 saturated heterocycles. The molecule has 0 saturated carbocycles. The van der Waals surface area contributed by atoms with Crippen LogP contribution in [0.15, 0.2) is 24.3 Å². The van der Waals surface area contributed by atoms with Crippen molar-refractivity contribution >= 4 is 17.0 Å². The summed E-state index contributed by atoms with van der Waals surface area (Å²) in [4.78, 5) is 15.9. The van der Waals surface area contributed by atoms with Gasteiger partial charge in [0.05, 0.1) is 30.6 Å². The molecule has 0 aliphatic carbocycles. The van der Waals surface area contributed by atoms with E-state index in [1.807, 2.05) is 25.1 Å². The Morgan fingerprint density at radius 1 is 1.35 bits per heavy atom. The minimum atomic E-state index is -0.163. The molecule has 0 amide bonds. The number of esters is 1. The molecular formula is C15H21N3O2. The van der Waals surface area contributed by atoms with Gasteiger partial charge >= 0.3 is 5.97 Å². The average Bonchev–Trinajstić information content (AvgIpc) is 2.81. The minimum absolute atomic E-state index is 0.163. The van der Waals surface area contributed by atoms with Gasteiger partial charge in [-0.1, -0.05) is 12.1 Å². The first kappa shape index (κ1) is 14.5. The number of aromatic nitrogens is 2. The summed E-state index contributed by atoms with van der Waals surface area (Å²) >= 11 is 0. The van der Waals surface area contributed by atoms with Crippen molar-refractivity contribution in [3.8, 4) is 0 Å². The molecule has 0 spiro atoms. The van der Waals surface area contributed by atoms with Crippen LogP contribution in [0.2, 0.25) is 0 Å². The number of carbonyl (C=O) groups excluding carboxylic acids is 1. The molecule has 0 fully saturated rings. The van der Waals surface area contributed by atoms with Gasteiger partial charge in [-0.3, -0.25) is 4.79 Å².